The quantitative estimate of drug-likeness (QED) is 0.512. The predicted molar refractivity (Wildman–Crippen MR) is 158 cm³/mol. The van der Waals surface area contributed by atoms with Crippen molar-refractivity contribution < 1.29 is 14.3 Å². The normalized spacial score (nSPS) is 23.8. The molecular weight excluding hydrogens is 516 g/mol. The van der Waals surface area contributed by atoms with E-state index in [9.17, 15) is 10.1 Å². The van der Waals surface area contributed by atoms with Gasteiger partial charge in [0.05, 0.1) is 34.8 Å². The molecule has 3 aliphatic rings. The Morgan fingerprint density at radius 1 is 1.15 bits per heavy atom. The molecule has 5 rings (SSSR count). The number of rotatable bonds is 5. The number of ether oxygens (including phenoxy) is 2. The van der Waals surface area contributed by atoms with Crippen LogP contribution in [-0.2, 0) is 22.6 Å². The number of carbonyl (C=O) groups excluding carboxylic acids is 1. The number of hydrogen-bond acceptors (Lipinski definition) is 8. The molecule has 1 aromatic carbocycles. The lowest BCUT2D eigenvalue weighted by Gasteiger charge is -2.44. The summed E-state index contributed by atoms with van der Waals surface area (Å²) in [6.45, 7) is 12.7. The van der Waals surface area contributed by atoms with Crippen LogP contribution in [0, 0.1) is 11.3 Å². The molecule has 4 heterocycles. The van der Waals surface area contributed by atoms with Gasteiger partial charge in [0.25, 0.3) is 0 Å². The molecule has 2 fully saturated rings. The molecule has 0 bridgehead atoms. The van der Waals surface area contributed by atoms with Crippen LogP contribution in [0.5, 0.6) is 0 Å². The lowest BCUT2D eigenvalue weighted by atomic mass is 9.92. The first-order chi connectivity index (χ1) is 19.6. The third kappa shape index (κ3) is 6.20. The summed E-state index contributed by atoms with van der Waals surface area (Å²) in [5.74, 6) is 0. The molecule has 0 spiro atoms. The highest BCUT2D eigenvalue weighted by Gasteiger charge is 2.39. The Kier molecular flexibility index (Phi) is 8.55. The molecule has 1 amide bonds. The Labute approximate surface area is 244 Å². The molecule has 1 unspecified atom stereocenters. The number of nitrogens with zero attached hydrogens (tertiary/aromatic N) is 6. The minimum atomic E-state index is -0.550. The van der Waals surface area contributed by atoms with Crippen LogP contribution < -0.4 is 4.90 Å². The third-order valence-corrected chi connectivity index (χ3v) is 8.49. The molecule has 3 atom stereocenters. The van der Waals surface area contributed by atoms with Gasteiger partial charge in [0.15, 0.2) is 0 Å². The molecule has 9 heteroatoms. The highest BCUT2D eigenvalue weighted by Crippen LogP contribution is 2.43. The number of hydrogen-bond donors (Lipinski definition) is 0. The van der Waals surface area contributed by atoms with E-state index >= 15 is 0 Å². The van der Waals surface area contributed by atoms with E-state index in [1.165, 1.54) is 5.56 Å². The summed E-state index contributed by atoms with van der Waals surface area (Å²) in [5, 5.41) is 10.6. The summed E-state index contributed by atoms with van der Waals surface area (Å²) >= 11 is 0. The van der Waals surface area contributed by atoms with Crippen molar-refractivity contribution in [1.29, 1.82) is 5.26 Å². The van der Waals surface area contributed by atoms with Gasteiger partial charge in [-0.05, 0) is 59.7 Å². The number of amides is 1. The number of carbonyl (C=O) groups is 1. The van der Waals surface area contributed by atoms with Crippen molar-refractivity contribution in [3.63, 3.8) is 0 Å². The van der Waals surface area contributed by atoms with Crippen LogP contribution in [0.3, 0.4) is 0 Å². The van der Waals surface area contributed by atoms with E-state index in [0.29, 0.717) is 38.3 Å². The van der Waals surface area contributed by atoms with E-state index in [1.54, 1.807) is 7.11 Å². The zero-order chi connectivity index (χ0) is 29.3. The largest absolute Gasteiger partial charge is 0.444 e. The average Bonchev–Trinajstić information content (AvgIpc) is 3.36. The molecule has 3 aliphatic heterocycles. The number of methoxy groups -OCH3 is 1. The zero-order valence-corrected chi connectivity index (χ0v) is 25.4. The van der Waals surface area contributed by atoms with Crippen molar-refractivity contribution in [3.05, 3.63) is 58.4 Å². The minimum Gasteiger partial charge on any atom is -0.444 e. The SMILES string of the molecule is COC1CN(Cc2ccccc2)Cc2nc([C@@H]3CCCN3C)c(C#N)c(N3CCN(C(=O)OC(C)(C)C)[C@@H](C)C3)c21. The summed E-state index contributed by atoms with van der Waals surface area (Å²) in [6.07, 6.45) is 1.57. The van der Waals surface area contributed by atoms with Gasteiger partial charge in [-0.2, -0.15) is 5.26 Å². The van der Waals surface area contributed by atoms with E-state index in [2.05, 4.69) is 59.0 Å². The van der Waals surface area contributed by atoms with E-state index in [4.69, 9.17) is 14.5 Å². The van der Waals surface area contributed by atoms with Crippen LogP contribution in [0.2, 0.25) is 0 Å². The molecule has 220 valence electrons. The summed E-state index contributed by atoms with van der Waals surface area (Å²) in [6, 6.07) is 13.1. The van der Waals surface area contributed by atoms with E-state index in [0.717, 1.165) is 48.6 Å². The second-order valence-electron chi connectivity index (χ2n) is 12.7. The van der Waals surface area contributed by atoms with Crippen LogP contribution in [0.4, 0.5) is 10.5 Å². The number of aromatic nitrogens is 1. The van der Waals surface area contributed by atoms with Crippen molar-refractivity contribution in [3.8, 4) is 6.07 Å². The van der Waals surface area contributed by atoms with Gasteiger partial charge >= 0.3 is 6.09 Å². The number of fused-ring (bicyclic) bond motifs is 1. The van der Waals surface area contributed by atoms with E-state index in [-0.39, 0.29) is 24.3 Å². The topological polar surface area (TPSA) is 85.2 Å². The first-order valence-electron chi connectivity index (χ1n) is 14.8. The molecule has 41 heavy (non-hydrogen) atoms. The second kappa shape index (κ2) is 12.0. The Balaban J connectivity index is 1.54. The van der Waals surface area contributed by atoms with Gasteiger partial charge in [-0.3, -0.25) is 14.8 Å². The first kappa shape index (κ1) is 29.3. The predicted octanol–water partition coefficient (Wildman–Crippen LogP) is 4.87. The van der Waals surface area contributed by atoms with Crippen molar-refractivity contribution in [2.45, 2.75) is 77.4 Å². The van der Waals surface area contributed by atoms with Crippen LogP contribution in [0.25, 0.3) is 0 Å². The number of anilines is 1. The monoisotopic (exact) mass is 560 g/mol. The Morgan fingerprint density at radius 3 is 2.51 bits per heavy atom. The van der Waals surface area contributed by atoms with Gasteiger partial charge in [0.1, 0.15) is 11.7 Å². The number of likely N-dealkylation sites (tertiary alicyclic amines) is 1. The van der Waals surface area contributed by atoms with Gasteiger partial charge < -0.3 is 19.3 Å². The number of benzene rings is 1. The second-order valence-corrected chi connectivity index (χ2v) is 12.7. The van der Waals surface area contributed by atoms with Gasteiger partial charge in [0, 0.05) is 58.0 Å². The first-order valence-corrected chi connectivity index (χ1v) is 14.8. The lowest BCUT2D eigenvalue weighted by Crippen LogP contribution is -2.55. The molecule has 2 aromatic rings. The molecule has 1 aromatic heterocycles. The molecular formula is C32H44N6O3. The molecule has 9 nitrogen and oxygen atoms in total. The van der Waals surface area contributed by atoms with Crippen molar-refractivity contribution in [2.24, 2.45) is 0 Å². The minimum absolute atomic E-state index is 0.0780. The summed E-state index contributed by atoms with van der Waals surface area (Å²) in [7, 11) is 3.87. The molecule has 0 aliphatic carbocycles. The van der Waals surface area contributed by atoms with Crippen LogP contribution in [0.1, 0.15) is 80.8 Å². The Bertz CT molecular complexity index is 1290. The highest BCUT2D eigenvalue weighted by molar-refractivity contribution is 5.72. The van der Waals surface area contributed by atoms with Crippen LogP contribution in [0.15, 0.2) is 30.3 Å². The number of piperazine rings is 1. The zero-order valence-electron chi connectivity index (χ0n) is 25.4. The fraction of sp³-hybridized carbons (Fsp3) is 0.594. The fourth-order valence-corrected chi connectivity index (χ4v) is 6.56. The maximum Gasteiger partial charge on any atom is 0.410 e. The van der Waals surface area contributed by atoms with Crippen molar-refractivity contribution >= 4 is 11.8 Å². The Hall–Kier alpha value is -3.19. The lowest BCUT2D eigenvalue weighted by molar-refractivity contribution is 0.0157. The van der Waals surface area contributed by atoms with Gasteiger partial charge in [0.2, 0.25) is 0 Å². The number of nitriles is 1. The van der Waals surface area contributed by atoms with E-state index < -0.39 is 5.60 Å². The summed E-state index contributed by atoms with van der Waals surface area (Å²) in [5.41, 5.74) is 5.18. The van der Waals surface area contributed by atoms with Crippen LogP contribution in [-0.4, -0.2) is 84.3 Å². The van der Waals surface area contributed by atoms with E-state index in [1.807, 2.05) is 31.7 Å². The highest BCUT2D eigenvalue weighted by atomic mass is 16.6. The van der Waals surface area contributed by atoms with Gasteiger partial charge in [-0.25, -0.2) is 4.79 Å². The van der Waals surface area contributed by atoms with Crippen molar-refractivity contribution in [1.82, 2.24) is 19.7 Å². The third-order valence-electron chi connectivity index (χ3n) is 8.49. The molecule has 2 saturated heterocycles. The molecule has 0 saturated carbocycles. The van der Waals surface area contributed by atoms with Crippen LogP contribution >= 0.6 is 0 Å². The fourth-order valence-electron chi connectivity index (χ4n) is 6.56. The molecule has 0 N–H and O–H groups in total. The summed E-state index contributed by atoms with van der Waals surface area (Å²) in [4.78, 5) is 27.0. The summed E-state index contributed by atoms with van der Waals surface area (Å²) < 4.78 is 11.8. The maximum atomic E-state index is 13.0. The average molecular weight is 561 g/mol. The van der Waals surface area contributed by atoms with Gasteiger partial charge in [-0.1, -0.05) is 30.3 Å². The maximum absolute atomic E-state index is 13.0. The standard InChI is InChI=1S/C32H44N6O3/c1-22-18-37(15-16-38(22)31(39)41-32(2,3)4)30-24(17-33)29(26-13-10-14-35(26)5)34-25-20-36(21-27(40-6)28(25)30)19-23-11-8-7-9-12-23/h7-9,11-12,22,26-27H,10,13-16,18-21H2,1-6H3/t22-,26-,27?/m0/s1. The molecule has 0 radical (unpaired) electrons. The van der Waals surface area contributed by atoms with Crippen molar-refractivity contribution in [2.75, 3.05) is 51.8 Å². The Morgan fingerprint density at radius 2 is 1.90 bits per heavy atom. The van der Waals surface area contributed by atoms with Gasteiger partial charge in [-0.15, -0.1) is 0 Å². The number of pyridine rings is 1. The smallest absolute Gasteiger partial charge is 0.410 e.